The Morgan fingerprint density at radius 3 is 1.83 bits per heavy atom. The van der Waals surface area contributed by atoms with Crippen LogP contribution in [0.4, 0.5) is 21.0 Å². The van der Waals surface area contributed by atoms with Gasteiger partial charge in [-0.25, -0.2) is 14.5 Å². The number of anilines is 2. The summed E-state index contributed by atoms with van der Waals surface area (Å²) in [7, 11) is 0. The van der Waals surface area contributed by atoms with Crippen LogP contribution in [0.1, 0.15) is 84.6 Å². The lowest BCUT2D eigenvalue weighted by Gasteiger charge is -2.42. The molecule has 2 aromatic carbocycles. The van der Waals surface area contributed by atoms with Gasteiger partial charge in [0.1, 0.15) is 11.2 Å². The summed E-state index contributed by atoms with van der Waals surface area (Å²) in [6.45, 7) is 22.3. The quantitative estimate of drug-likeness (QED) is 0.389. The van der Waals surface area contributed by atoms with Gasteiger partial charge in [0.2, 0.25) is 0 Å². The van der Waals surface area contributed by atoms with Crippen molar-refractivity contribution >= 4 is 23.6 Å². The number of nitrogens with zero attached hydrogens (tertiary/aromatic N) is 3. The zero-order valence-corrected chi connectivity index (χ0v) is 26.3. The Morgan fingerprint density at radius 2 is 1.29 bits per heavy atom. The van der Waals surface area contributed by atoms with E-state index < -0.39 is 17.3 Å². The van der Waals surface area contributed by atoms with Crippen LogP contribution in [0.3, 0.4) is 0 Å². The van der Waals surface area contributed by atoms with E-state index in [-0.39, 0.29) is 11.5 Å². The van der Waals surface area contributed by atoms with Crippen LogP contribution in [0.2, 0.25) is 0 Å². The Kier molecular flexibility index (Phi) is 8.76. The van der Waals surface area contributed by atoms with Gasteiger partial charge in [0.25, 0.3) is 0 Å². The summed E-state index contributed by atoms with van der Waals surface area (Å²) in [5.74, 6) is 0. The zero-order chi connectivity index (χ0) is 30.2. The standard InChI is InChI=1S/C33H47N3O5/c1-10-39-22-24-12-14-26-28(20-24)36(30(38)41-32(5,6)7)27-19-23(11-13-25(27)33(26,8)9)21-34-15-17-35(18-16-34)29(37)40-31(2,3)4/h11-14,19-20H,10,15-18,21-22H2,1-9H3. The molecule has 4 rings (SSSR count). The molecule has 0 saturated carbocycles. The molecule has 8 heteroatoms. The molecule has 2 heterocycles. The van der Waals surface area contributed by atoms with Gasteiger partial charge in [-0.2, -0.15) is 0 Å². The van der Waals surface area contributed by atoms with Crippen LogP contribution in [-0.4, -0.2) is 66.0 Å². The third kappa shape index (κ3) is 7.22. The van der Waals surface area contributed by atoms with Gasteiger partial charge in [-0.15, -0.1) is 0 Å². The maximum absolute atomic E-state index is 13.8. The van der Waals surface area contributed by atoms with Crippen molar-refractivity contribution in [3.05, 3.63) is 58.7 Å². The van der Waals surface area contributed by atoms with E-state index in [4.69, 9.17) is 14.2 Å². The van der Waals surface area contributed by atoms with Crippen LogP contribution < -0.4 is 4.90 Å². The Hall–Kier alpha value is -3.10. The largest absolute Gasteiger partial charge is 0.444 e. The van der Waals surface area contributed by atoms with Gasteiger partial charge in [-0.05, 0) is 82.9 Å². The van der Waals surface area contributed by atoms with E-state index in [1.165, 1.54) is 0 Å². The monoisotopic (exact) mass is 565 g/mol. The first-order valence-electron chi connectivity index (χ1n) is 14.7. The minimum Gasteiger partial charge on any atom is -0.444 e. The minimum atomic E-state index is -0.640. The molecule has 0 spiro atoms. The smallest absolute Gasteiger partial charge is 0.419 e. The highest BCUT2D eigenvalue weighted by Gasteiger charge is 2.40. The SMILES string of the molecule is CCOCc1ccc2c(c1)N(C(=O)OC(C)(C)C)c1cc(CN3CCN(C(=O)OC(C)(C)C)CC3)ccc1C2(C)C. The topological polar surface area (TPSA) is 71.5 Å². The Labute approximate surface area is 245 Å². The van der Waals surface area contributed by atoms with Crippen molar-refractivity contribution in [3.8, 4) is 0 Å². The van der Waals surface area contributed by atoms with Crippen molar-refractivity contribution in [1.82, 2.24) is 9.80 Å². The molecule has 8 nitrogen and oxygen atoms in total. The molecule has 224 valence electrons. The number of hydrogen-bond acceptors (Lipinski definition) is 6. The van der Waals surface area contributed by atoms with Crippen molar-refractivity contribution in [3.63, 3.8) is 0 Å². The van der Waals surface area contributed by atoms with E-state index in [0.29, 0.717) is 26.3 Å². The predicted molar refractivity (Wildman–Crippen MR) is 162 cm³/mol. The van der Waals surface area contributed by atoms with E-state index in [1.54, 1.807) is 9.80 Å². The van der Waals surface area contributed by atoms with Crippen LogP contribution in [0.15, 0.2) is 36.4 Å². The molecule has 0 radical (unpaired) electrons. The molecule has 0 unspecified atom stereocenters. The summed E-state index contributed by atoms with van der Waals surface area (Å²) in [5, 5.41) is 0. The molecule has 2 aliphatic heterocycles. The average Bonchev–Trinajstić information content (AvgIpc) is 2.85. The van der Waals surface area contributed by atoms with Gasteiger partial charge in [0.05, 0.1) is 18.0 Å². The van der Waals surface area contributed by atoms with Crippen LogP contribution in [-0.2, 0) is 32.8 Å². The van der Waals surface area contributed by atoms with Gasteiger partial charge >= 0.3 is 12.2 Å². The Morgan fingerprint density at radius 1 is 0.780 bits per heavy atom. The molecule has 0 atom stereocenters. The number of fused-ring (bicyclic) bond motifs is 2. The summed E-state index contributed by atoms with van der Waals surface area (Å²) >= 11 is 0. The van der Waals surface area contributed by atoms with Gasteiger partial charge in [0, 0.05) is 44.7 Å². The molecule has 1 saturated heterocycles. The third-order valence-electron chi connectivity index (χ3n) is 7.43. The first-order chi connectivity index (χ1) is 19.1. The second-order valence-electron chi connectivity index (χ2n) is 13.5. The van der Waals surface area contributed by atoms with Crippen molar-refractivity contribution in [2.24, 2.45) is 0 Å². The number of benzene rings is 2. The molecule has 2 amide bonds. The van der Waals surface area contributed by atoms with Crippen LogP contribution in [0, 0.1) is 0 Å². The normalized spacial score (nSPS) is 17.1. The fraction of sp³-hybridized carbons (Fsp3) is 0.576. The Balaban J connectivity index is 1.63. The number of ether oxygens (including phenoxy) is 3. The van der Waals surface area contributed by atoms with Gasteiger partial charge in [-0.1, -0.05) is 38.1 Å². The third-order valence-corrected chi connectivity index (χ3v) is 7.43. The van der Waals surface area contributed by atoms with Crippen molar-refractivity contribution in [1.29, 1.82) is 0 Å². The lowest BCUT2D eigenvalue weighted by molar-refractivity contribution is 0.0139. The van der Waals surface area contributed by atoms with Gasteiger partial charge in [-0.3, -0.25) is 4.90 Å². The fourth-order valence-corrected chi connectivity index (χ4v) is 5.44. The van der Waals surface area contributed by atoms with Gasteiger partial charge in [0.15, 0.2) is 0 Å². The first kappa shape index (κ1) is 30.8. The zero-order valence-electron chi connectivity index (χ0n) is 26.3. The number of carbonyl (C=O) groups is 2. The second kappa shape index (κ2) is 11.6. The van der Waals surface area contributed by atoms with E-state index in [2.05, 4.69) is 55.1 Å². The highest BCUT2D eigenvalue weighted by atomic mass is 16.6. The Bertz CT molecular complexity index is 1270. The number of hydrogen-bond donors (Lipinski definition) is 0. The summed E-state index contributed by atoms with van der Waals surface area (Å²) in [5.41, 5.74) is 4.48. The van der Waals surface area contributed by atoms with E-state index in [9.17, 15) is 9.59 Å². The summed E-state index contributed by atoms with van der Waals surface area (Å²) in [4.78, 5) is 32.1. The van der Waals surface area contributed by atoms with Crippen molar-refractivity contribution < 1.29 is 23.8 Å². The predicted octanol–water partition coefficient (Wildman–Crippen LogP) is 6.99. The van der Waals surface area contributed by atoms with Gasteiger partial charge < -0.3 is 19.1 Å². The van der Waals surface area contributed by atoms with Crippen LogP contribution in [0.5, 0.6) is 0 Å². The van der Waals surface area contributed by atoms with E-state index >= 15 is 0 Å². The molecule has 0 N–H and O–H groups in total. The average molecular weight is 566 g/mol. The second-order valence-corrected chi connectivity index (χ2v) is 13.5. The maximum Gasteiger partial charge on any atom is 0.419 e. The molecule has 2 aromatic rings. The highest BCUT2D eigenvalue weighted by molar-refractivity contribution is 6.00. The lowest BCUT2D eigenvalue weighted by Crippen LogP contribution is -2.49. The molecular formula is C33H47N3O5. The summed E-state index contributed by atoms with van der Waals surface area (Å²) in [6, 6.07) is 12.7. The maximum atomic E-state index is 13.8. The number of rotatable bonds is 5. The number of amides is 2. The number of carbonyl (C=O) groups excluding carboxylic acids is 2. The van der Waals surface area contributed by atoms with E-state index in [1.807, 2.05) is 48.5 Å². The van der Waals surface area contributed by atoms with Crippen molar-refractivity contribution in [2.45, 2.75) is 92.1 Å². The van der Waals surface area contributed by atoms with E-state index in [0.717, 1.165) is 53.3 Å². The van der Waals surface area contributed by atoms with Crippen LogP contribution in [0.25, 0.3) is 0 Å². The molecule has 41 heavy (non-hydrogen) atoms. The summed E-state index contributed by atoms with van der Waals surface area (Å²) < 4.78 is 17.2. The molecule has 0 aromatic heterocycles. The highest BCUT2D eigenvalue weighted by Crippen LogP contribution is 2.50. The molecule has 0 bridgehead atoms. The number of piperazine rings is 1. The first-order valence-corrected chi connectivity index (χ1v) is 14.7. The molecule has 2 aliphatic rings. The lowest BCUT2D eigenvalue weighted by atomic mass is 9.73. The van der Waals surface area contributed by atoms with Crippen molar-refractivity contribution in [2.75, 3.05) is 37.7 Å². The van der Waals surface area contributed by atoms with Crippen LogP contribution >= 0.6 is 0 Å². The fourth-order valence-electron chi connectivity index (χ4n) is 5.44. The molecule has 0 aliphatic carbocycles. The summed E-state index contributed by atoms with van der Waals surface area (Å²) in [6.07, 6.45) is -0.657. The molecular weight excluding hydrogens is 518 g/mol. The minimum absolute atomic E-state index is 0.261. The molecule has 1 fully saturated rings.